The molecule has 1 aromatic heterocycles. The number of ether oxygens (including phenoxy) is 1. The van der Waals surface area contributed by atoms with Gasteiger partial charge < -0.3 is 4.74 Å². The van der Waals surface area contributed by atoms with E-state index in [1.807, 2.05) is 43.3 Å². The van der Waals surface area contributed by atoms with Crippen LogP contribution >= 0.6 is 0 Å². The SMILES string of the molecule is CC(Oc1nnccc1C#N)c1ccccc1. The molecule has 4 nitrogen and oxygen atoms in total. The van der Waals surface area contributed by atoms with E-state index < -0.39 is 0 Å². The van der Waals surface area contributed by atoms with Crippen molar-refractivity contribution in [1.82, 2.24) is 10.2 Å². The summed E-state index contributed by atoms with van der Waals surface area (Å²) in [4.78, 5) is 0. The molecule has 0 spiro atoms. The second kappa shape index (κ2) is 5.08. The summed E-state index contributed by atoms with van der Waals surface area (Å²) in [6, 6.07) is 13.4. The molecule has 1 aromatic carbocycles. The number of nitrogens with zero attached hydrogens (tertiary/aromatic N) is 3. The van der Waals surface area contributed by atoms with E-state index in [2.05, 4.69) is 10.2 Å². The highest BCUT2D eigenvalue weighted by Crippen LogP contribution is 2.21. The summed E-state index contributed by atoms with van der Waals surface area (Å²) in [5.41, 5.74) is 1.42. The van der Waals surface area contributed by atoms with Crippen molar-refractivity contribution in [2.75, 3.05) is 0 Å². The first kappa shape index (κ1) is 11.1. The van der Waals surface area contributed by atoms with Gasteiger partial charge in [0.1, 0.15) is 17.7 Å². The van der Waals surface area contributed by atoms with Crippen LogP contribution in [0.4, 0.5) is 0 Å². The largest absolute Gasteiger partial charge is 0.468 e. The Morgan fingerprint density at radius 3 is 2.71 bits per heavy atom. The third-order valence-corrected chi connectivity index (χ3v) is 2.36. The molecule has 0 saturated carbocycles. The molecule has 0 aliphatic heterocycles. The zero-order valence-electron chi connectivity index (χ0n) is 9.37. The van der Waals surface area contributed by atoms with Crippen LogP contribution in [0.25, 0.3) is 0 Å². The van der Waals surface area contributed by atoms with Crippen LogP contribution in [0.1, 0.15) is 24.2 Å². The summed E-state index contributed by atoms with van der Waals surface area (Å²) >= 11 is 0. The highest BCUT2D eigenvalue weighted by molar-refractivity contribution is 5.36. The maximum Gasteiger partial charge on any atom is 0.252 e. The van der Waals surface area contributed by atoms with E-state index in [1.54, 1.807) is 6.07 Å². The van der Waals surface area contributed by atoms with Gasteiger partial charge in [-0.3, -0.25) is 0 Å². The molecular formula is C13H11N3O. The van der Waals surface area contributed by atoms with Crippen LogP contribution in [0.3, 0.4) is 0 Å². The van der Waals surface area contributed by atoms with Crippen LogP contribution in [0.5, 0.6) is 5.88 Å². The zero-order chi connectivity index (χ0) is 12.1. The Bertz CT molecular complexity index is 534. The molecule has 0 aliphatic rings. The minimum absolute atomic E-state index is 0.167. The molecule has 0 radical (unpaired) electrons. The van der Waals surface area contributed by atoms with Gasteiger partial charge in [-0.15, -0.1) is 5.10 Å². The quantitative estimate of drug-likeness (QED) is 0.805. The van der Waals surface area contributed by atoms with Crippen molar-refractivity contribution in [3.63, 3.8) is 0 Å². The summed E-state index contributed by atoms with van der Waals surface area (Å²) in [5, 5.41) is 16.4. The molecule has 2 aromatic rings. The maximum absolute atomic E-state index is 8.90. The average molecular weight is 225 g/mol. The van der Waals surface area contributed by atoms with E-state index in [-0.39, 0.29) is 12.0 Å². The van der Waals surface area contributed by atoms with Crippen molar-refractivity contribution >= 4 is 0 Å². The van der Waals surface area contributed by atoms with Gasteiger partial charge in [0, 0.05) is 0 Å². The van der Waals surface area contributed by atoms with Crippen LogP contribution in [-0.2, 0) is 0 Å². The average Bonchev–Trinajstić information content (AvgIpc) is 2.40. The van der Waals surface area contributed by atoms with Gasteiger partial charge >= 0.3 is 0 Å². The number of hydrogen-bond donors (Lipinski definition) is 0. The minimum atomic E-state index is -0.167. The van der Waals surface area contributed by atoms with Gasteiger partial charge in [0.05, 0.1) is 6.20 Å². The first-order valence-corrected chi connectivity index (χ1v) is 5.24. The van der Waals surface area contributed by atoms with Crippen LogP contribution in [-0.4, -0.2) is 10.2 Å². The van der Waals surface area contributed by atoms with Gasteiger partial charge in [0.15, 0.2) is 0 Å². The third kappa shape index (κ3) is 2.58. The lowest BCUT2D eigenvalue weighted by Crippen LogP contribution is -2.06. The van der Waals surface area contributed by atoms with Gasteiger partial charge in [-0.1, -0.05) is 30.3 Å². The summed E-state index contributed by atoms with van der Waals surface area (Å²) in [6.07, 6.45) is 1.30. The fraction of sp³-hybridized carbons (Fsp3) is 0.154. The lowest BCUT2D eigenvalue weighted by molar-refractivity contribution is 0.214. The smallest absolute Gasteiger partial charge is 0.252 e. The van der Waals surface area contributed by atoms with E-state index in [0.717, 1.165) is 5.56 Å². The molecule has 17 heavy (non-hydrogen) atoms. The number of aromatic nitrogens is 2. The second-order valence-corrected chi connectivity index (χ2v) is 3.53. The summed E-state index contributed by atoms with van der Waals surface area (Å²) in [6.45, 7) is 1.91. The number of benzene rings is 1. The monoisotopic (exact) mass is 225 g/mol. The molecule has 0 fully saturated rings. The summed E-state index contributed by atoms with van der Waals surface area (Å²) in [7, 11) is 0. The van der Waals surface area contributed by atoms with Crippen molar-refractivity contribution in [1.29, 1.82) is 5.26 Å². The van der Waals surface area contributed by atoms with Gasteiger partial charge in [-0.25, -0.2) is 0 Å². The summed E-state index contributed by atoms with van der Waals surface area (Å²) < 4.78 is 5.63. The van der Waals surface area contributed by atoms with Crippen molar-refractivity contribution < 1.29 is 4.74 Å². The van der Waals surface area contributed by atoms with Crippen molar-refractivity contribution in [3.05, 3.63) is 53.7 Å². The Balaban J connectivity index is 2.19. The van der Waals surface area contributed by atoms with E-state index in [4.69, 9.17) is 10.00 Å². The Morgan fingerprint density at radius 1 is 1.24 bits per heavy atom. The molecule has 0 aliphatic carbocycles. The predicted octanol–water partition coefficient (Wildman–Crippen LogP) is 2.49. The fourth-order valence-electron chi connectivity index (χ4n) is 1.45. The van der Waals surface area contributed by atoms with Crippen LogP contribution in [0.15, 0.2) is 42.6 Å². The van der Waals surface area contributed by atoms with Crippen molar-refractivity contribution in [3.8, 4) is 11.9 Å². The Hall–Kier alpha value is -2.41. The Labute approximate surface area is 99.5 Å². The van der Waals surface area contributed by atoms with Crippen molar-refractivity contribution in [2.45, 2.75) is 13.0 Å². The highest BCUT2D eigenvalue weighted by Gasteiger charge is 2.11. The zero-order valence-corrected chi connectivity index (χ0v) is 9.37. The van der Waals surface area contributed by atoms with Gasteiger partial charge in [0.25, 0.3) is 5.88 Å². The Morgan fingerprint density at radius 2 is 2.00 bits per heavy atom. The molecule has 1 unspecified atom stereocenters. The first-order chi connectivity index (χ1) is 8.31. The predicted molar refractivity (Wildman–Crippen MR) is 62.2 cm³/mol. The van der Waals surface area contributed by atoms with Crippen molar-refractivity contribution in [2.24, 2.45) is 0 Å². The maximum atomic E-state index is 8.90. The fourth-order valence-corrected chi connectivity index (χ4v) is 1.45. The van der Waals surface area contributed by atoms with Gasteiger partial charge in [-0.05, 0) is 18.6 Å². The number of rotatable bonds is 3. The van der Waals surface area contributed by atoms with Crippen LogP contribution in [0.2, 0.25) is 0 Å². The van der Waals surface area contributed by atoms with Crippen LogP contribution in [0, 0.1) is 11.3 Å². The molecule has 84 valence electrons. The van der Waals surface area contributed by atoms with Gasteiger partial charge in [0.2, 0.25) is 0 Å². The molecule has 4 heteroatoms. The Kier molecular flexibility index (Phi) is 3.31. The lowest BCUT2D eigenvalue weighted by Gasteiger charge is -2.14. The van der Waals surface area contributed by atoms with E-state index in [1.165, 1.54) is 6.20 Å². The third-order valence-electron chi connectivity index (χ3n) is 2.36. The normalized spacial score (nSPS) is 11.5. The molecule has 0 saturated heterocycles. The molecule has 0 N–H and O–H groups in total. The van der Waals surface area contributed by atoms with Gasteiger partial charge in [-0.2, -0.15) is 10.4 Å². The van der Waals surface area contributed by atoms with E-state index in [0.29, 0.717) is 5.56 Å². The number of nitriles is 1. The highest BCUT2D eigenvalue weighted by atomic mass is 16.5. The van der Waals surface area contributed by atoms with E-state index >= 15 is 0 Å². The number of hydrogen-bond acceptors (Lipinski definition) is 4. The minimum Gasteiger partial charge on any atom is -0.468 e. The molecule has 0 amide bonds. The molecular weight excluding hydrogens is 214 g/mol. The molecule has 2 rings (SSSR count). The van der Waals surface area contributed by atoms with E-state index in [9.17, 15) is 0 Å². The molecule has 0 bridgehead atoms. The molecule has 1 atom stereocenters. The topological polar surface area (TPSA) is 58.8 Å². The summed E-state index contributed by atoms with van der Waals surface area (Å²) in [5.74, 6) is 0.270. The lowest BCUT2D eigenvalue weighted by atomic mass is 10.1. The first-order valence-electron chi connectivity index (χ1n) is 5.24. The standard InChI is InChI=1S/C13H11N3O/c1-10(11-5-3-2-4-6-11)17-13-12(9-14)7-8-15-16-13/h2-8,10H,1H3. The molecule has 1 heterocycles. The second-order valence-electron chi connectivity index (χ2n) is 3.53. The van der Waals surface area contributed by atoms with Crippen LogP contribution < -0.4 is 4.74 Å².